The van der Waals surface area contributed by atoms with E-state index in [2.05, 4.69) is 5.32 Å². The van der Waals surface area contributed by atoms with E-state index in [9.17, 15) is 4.79 Å². The van der Waals surface area contributed by atoms with Gasteiger partial charge in [0.05, 0.1) is 7.11 Å². The lowest BCUT2D eigenvalue weighted by Gasteiger charge is -2.07. The molecule has 0 spiro atoms. The summed E-state index contributed by atoms with van der Waals surface area (Å²) < 4.78 is 5.28. The molecule has 2 rings (SSSR count). The minimum absolute atomic E-state index is 0.209. The van der Waals surface area contributed by atoms with Gasteiger partial charge < -0.3 is 10.1 Å². The zero-order chi connectivity index (χ0) is 16.8. The summed E-state index contributed by atoms with van der Waals surface area (Å²) in [5.41, 5.74) is 2.76. The van der Waals surface area contributed by atoms with E-state index in [1.807, 2.05) is 25.1 Å². The van der Waals surface area contributed by atoms with Crippen molar-refractivity contribution in [2.75, 3.05) is 7.11 Å². The number of halogens is 2. The minimum atomic E-state index is -0.209. The van der Waals surface area contributed by atoms with Gasteiger partial charge >= 0.3 is 0 Å². The van der Waals surface area contributed by atoms with Crippen LogP contribution in [-0.4, -0.2) is 13.0 Å². The van der Waals surface area contributed by atoms with Crippen LogP contribution in [0, 0.1) is 6.92 Å². The van der Waals surface area contributed by atoms with E-state index in [1.165, 1.54) is 6.08 Å². The highest BCUT2D eigenvalue weighted by Gasteiger charge is 2.04. The summed E-state index contributed by atoms with van der Waals surface area (Å²) >= 11 is 11.9. The zero-order valence-electron chi connectivity index (χ0n) is 12.9. The molecule has 1 N–H and O–H groups in total. The van der Waals surface area contributed by atoms with Crippen molar-refractivity contribution in [3.63, 3.8) is 0 Å². The standard InChI is InChI=1S/C18H17Cl2NO2/c1-12-3-7-17(23-2)13(9-12)5-8-18(22)21-11-14-4-6-15(19)10-16(14)20/h3-10H,11H2,1-2H3,(H,21,22)/b8-5+. The number of carbonyl (C=O) groups is 1. The van der Waals surface area contributed by atoms with Crippen LogP contribution in [0.1, 0.15) is 16.7 Å². The number of ether oxygens (including phenoxy) is 1. The molecule has 0 saturated carbocycles. The fourth-order valence-corrected chi connectivity index (χ4v) is 2.53. The molecule has 5 heteroatoms. The molecule has 0 atom stereocenters. The third kappa shape index (κ3) is 5.02. The predicted molar refractivity (Wildman–Crippen MR) is 95.1 cm³/mol. The number of carbonyl (C=O) groups excluding carboxylic acids is 1. The van der Waals surface area contributed by atoms with Crippen molar-refractivity contribution in [1.29, 1.82) is 0 Å². The Hall–Kier alpha value is -1.97. The Morgan fingerprint density at radius 2 is 2.00 bits per heavy atom. The Balaban J connectivity index is 2.00. The van der Waals surface area contributed by atoms with Gasteiger partial charge in [-0.15, -0.1) is 0 Å². The monoisotopic (exact) mass is 349 g/mol. The molecule has 0 saturated heterocycles. The summed E-state index contributed by atoms with van der Waals surface area (Å²) in [5.74, 6) is 0.514. The van der Waals surface area contributed by atoms with Gasteiger partial charge in [-0.2, -0.15) is 0 Å². The molecule has 23 heavy (non-hydrogen) atoms. The first-order chi connectivity index (χ1) is 11.0. The maximum atomic E-state index is 11.9. The lowest BCUT2D eigenvalue weighted by atomic mass is 10.1. The summed E-state index contributed by atoms with van der Waals surface area (Å²) in [6, 6.07) is 11.0. The molecule has 0 heterocycles. The minimum Gasteiger partial charge on any atom is -0.496 e. The SMILES string of the molecule is COc1ccc(C)cc1/C=C/C(=O)NCc1ccc(Cl)cc1Cl. The average Bonchev–Trinajstić information content (AvgIpc) is 2.52. The maximum absolute atomic E-state index is 11.9. The number of rotatable bonds is 5. The number of aryl methyl sites for hydroxylation is 1. The Labute approximate surface area is 145 Å². The summed E-state index contributed by atoms with van der Waals surface area (Å²) in [7, 11) is 1.60. The second-order valence-corrected chi connectivity index (χ2v) is 5.88. The van der Waals surface area contributed by atoms with Crippen LogP contribution in [0.15, 0.2) is 42.5 Å². The van der Waals surface area contributed by atoms with Crippen molar-refractivity contribution < 1.29 is 9.53 Å². The third-order valence-electron chi connectivity index (χ3n) is 3.27. The lowest BCUT2D eigenvalue weighted by Crippen LogP contribution is -2.20. The number of nitrogens with one attached hydrogen (secondary N) is 1. The van der Waals surface area contributed by atoms with Crippen molar-refractivity contribution >= 4 is 35.2 Å². The van der Waals surface area contributed by atoms with Gasteiger partial charge in [0, 0.05) is 28.2 Å². The summed E-state index contributed by atoms with van der Waals surface area (Å²) in [4.78, 5) is 11.9. The number of hydrogen-bond acceptors (Lipinski definition) is 2. The number of amides is 1. The van der Waals surface area contributed by atoms with Crippen molar-refractivity contribution in [1.82, 2.24) is 5.32 Å². The van der Waals surface area contributed by atoms with Crippen LogP contribution in [-0.2, 0) is 11.3 Å². The fourth-order valence-electron chi connectivity index (χ4n) is 2.06. The van der Waals surface area contributed by atoms with Gasteiger partial charge in [0.2, 0.25) is 5.91 Å². The zero-order valence-corrected chi connectivity index (χ0v) is 14.4. The van der Waals surface area contributed by atoms with E-state index in [4.69, 9.17) is 27.9 Å². The van der Waals surface area contributed by atoms with Crippen LogP contribution in [0.3, 0.4) is 0 Å². The molecule has 0 aromatic heterocycles. The molecule has 120 valence electrons. The van der Waals surface area contributed by atoms with Crippen molar-refractivity contribution in [3.8, 4) is 5.75 Å². The number of methoxy groups -OCH3 is 1. The largest absolute Gasteiger partial charge is 0.496 e. The topological polar surface area (TPSA) is 38.3 Å². The molecule has 1 amide bonds. The second-order valence-electron chi connectivity index (χ2n) is 5.03. The summed E-state index contributed by atoms with van der Waals surface area (Å²) in [6.07, 6.45) is 3.20. The summed E-state index contributed by atoms with van der Waals surface area (Å²) in [5, 5.41) is 3.88. The smallest absolute Gasteiger partial charge is 0.244 e. The number of benzene rings is 2. The van der Waals surface area contributed by atoms with Crippen molar-refractivity contribution in [2.45, 2.75) is 13.5 Å². The highest BCUT2D eigenvalue weighted by Crippen LogP contribution is 2.22. The summed E-state index contributed by atoms with van der Waals surface area (Å²) in [6.45, 7) is 2.32. The Morgan fingerprint density at radius 1 is 1.22 bits per heavy atom. The van der Waals surface area contributed by atoms with Crippen molar-refractivity contribution in [3.05, 3.63) is 69.2 Å². The molecule has 2 aromatic rings. The molecule has 0 unspecified atom stereocenters. The first kappa shape index (κ1) is 17.4. The first-order valence-electron chi connectivity index (χ1n) is 7.04. The van der Waals surface area contributed by atoms with Gasteiger partial charge in [0.1, 0.15) is 5.75 Å². The van der Waals surface area contributed by atoms with Gasteiger partial charge in [-0.1, -0.05) is 40.9 Å². The Kier molecular flexibility index (Phi) is 6.08. The number of hydrogen-bond donors (Lipinski definition) is 1. The fraction of sp³-hybridized carbons (Fsp3) is 0.167. The van der Waals surface area contributed by atoms with Gasteiger partial charge in [0.15, 0.2) is 0 Å². The molecular weight excluding hydrogens is 333 g/mol. The van der Waals surface area contributed by atoms with Crippen LogP contribution >= 0.6 is 23.2 Å². The molecule has 3 nitrogen and oxygen atoms in total. The van der Waals surface area contributed by atoms with Crippen LogP contribution in [0.2, 0.25) is 10.0 Å². The molecule has 0 bridgehead atoms. The van der Waals surface area contributed by atoms with Gasteiger partial charge in [-0.25, -0.2) is 0 Å². The van der Waals surface area contributed by atoms with E-state index < -0.39 is 0 Å². The van der Waals surface area contributed by atoms with Crippen LogP contribution < -0.4 is 10.1 Å². The predicted octanol–water partition coefficient (Wildman–Crippen LogP) is 4.64. The highest BCUT2D eigenvalue weighted by molar-refractivity contribution is 6.35. The second kappa shape index (κ2) is 8.04. The van der Waals surface area contributed by atoms with E-state index in [0.29, 0.717) is 16.6 Å². The van der Waals surface area contributed by atoms with E-state index in [1.54, 1.807) is 31.4 Å². The van der Waals surface area contributed by atoms with Crippen LogP contribution in [0.25, 0.3) is 6.08 Å². The quantitative estimate of drug-likeness (QED) is 0.798. The van der Waals surface area contributed by atoms with Gasteiger partial charge in [-0.3, -0.25) is 4.79 Å². The first-order valence-corrected chi connectivity index (χ1v) is 7.79. The van der Waals surface area contributed by atoms with Crippen LogP contribution in [0.5, 0.6) is 5.75 Å². The Bertz CT molecular complexity index is 742. The van der Waals surface area contributed by atoms with Gasteiger partial charge in [-0.05, 0) is 42.8 Å². The normalized spacial score (nSPS) is 10.8. The van der Waals surface area contributed by atoms with Gasteiger partial charge in [0.25, 0.3) is 0 Å². The highest BCUT2D eigenvalue weighted by atomic mass is 35.5. The van der Waals surface area contributed by atoms with E-state index in [-0.39, 0.29) is 5.91 Å². The molecule has 0 aliphatic heterocycles. The lowest BCUT2D eigenvalue weighted by molar-refractivity contribution is -0.116. The molecular formula is C18H17Cl2NO2. The van der Waals surface area contributed by atoms with Crippen LogP contribution in [0.4, 0.5) is 0 Å². The Morgan fingerprint density at radius 3 is 2.70 bits per heavy atom. The molecule has 0 radical (unpaired) electrons. The molecule has 2 aromatic carbocycles. The average molecular weight is 350 g/mol. The molecule has 0 aliphatic carbocycles. The molecule has 0 fully saturated rings. The molecule has 0 aliphatic rings. The van der Waals surface area contributed by atoms with E-state index in [0.717, 1.165) is 22.4 Å². The maximum Gasteiger partial charge on any atom is 0.244 e. The third-order valence-corrected chi connectivity index (χ3v) is 3.85. The van der Waals surface area contributed by atoms with E-state index >= 15 is 0 Å². The van der Waals surface area contributed by atoms with Crippen molar-refractivity contribution in [2.24, 2.45) is 0 Å².